The Hall–Kier alpha value is -3.02. The molecule has 3 rings (SSSR count). The van der Waals surface area contributed by atoms with E-state index in [4.69, 9.17) is 4.84 Å². The lowest BCUT2D eigenvalue weighted by Crippen LogP contribution is -2.32. The lowest BCUT2D eigenvalue weighted by atomic mass is 10.1. The molecule has 1 aliphatic rings. The third-order valence-electron chi connectivity index (χ3n) is 3.54. The lowest BCUT2D eigenvalue weighted by Gasteiger charge is -2.12. The molecule has 0 unspecified atom stereocenters. The highest BCUT2D eigenvalue weighted by molar-refractivity contribution is 6.21. The Balaban J connectivity index is 1.79. The number of hydrogen-bond acceptors (Lipinski definition) is 5. The molecule has 0 fully saturated rings. The number of hydroxylamine groups is 2. The first-order chi connectivity index (χ1) is 11.0. The summed E-state index contributed by atoms with van der Waals surface area (Å²) in [5.41, 5.74) is 1.45. The zero-order chi connectivity index (χ0) is 16.6. The van der Waals surface area contributed by atoms with Crippen molar-refractivity contribution in [3.8, 4) is 0 Å². The zero-order valence-electron chi connectivity index (χ0n) is 12.6. The van der Waals surface area contributed by atoms with Crippen LogP contribution < -0.4 is 0 Å². The second-order valence-corrected chi connectivity index (χ2v) is 5.46. The first kappa shape index (κ1) is 14.9. The molecule has 1 aliphatic heterocycles. The molecule has 0 aliphatic carbocycles. The summed E-state index contributed by atoms with van der Waals surface area (Å²) < 4.78 is 0. The van der Waals surface area contributed by atoms with E-state index in [-0.39, 0.29) is 22.6 Å². The van der Waals surface area contributed by atoms with Crippen LogP contribution in [0.1, 0.15) is 56.5 Å². The van der Waals surface area contributed by atoms with E-state index in [0.29, 0.717) is 5.06 Å². The van der Waals surface area contributed by atoms with Crippen LogP contribution >= 0.6 is 0 Å². The second kappa shape index (κ2) is 5.64. The quantitative estimate of drug-likeness (QED) is 0.814. The van der Waals surface area contributed by atoms with Gasteiger partial charge in [-0.25, -0.2) is 4.79 Å². The SMILES string of the molecule is CC(C)c1ccc(C(=O)ON2C(=O)c3ccccc3C2=O)cn1. The van der Waals surface area contributed by atoms with Gasteiger partial charge in [0.1, 0.15) is 0 Å². The van der Waals surface area contributed by atoms with E-state index >= 15 is 0 Å². The van der Waals surface area contributed by atoms with Crippen LogP contribution in [0.3, 0.4) is 0 Å². The Bertz CT molecular complexity index is 761. The van der Waals surface area contributed by atoms with Gasteiger partial charge >= 0.3 is 5.97 Å². The van der Waals surface area contributed by atoms with Gasteiger partial charge in [0.05, 0.1) is 16.7 Å². The van der Waals surface area contributed by atoms with E-state index in [1.807, 2.05) is 13.8 Å². The number of aromatic nitrogens is 1. The molecule has 2 aromatic rings. The molecular formula is C17H14N2O4. The Labute approximate surface area is 132 Å². The summed E-state index contributed by atoms with van der Waals surface area (Å²) in [6.45, 7) is 3.97. The van der Waals surface area contributed by atoms with Crippen LogP contribution in [-0.4, -0.2) is 27.8 Å². The Kier molecular flexibility index (Phi) is 3.65. The summed E-state index contributed by atoms with van der Waals surface area (Å²) in [7, 11) is 0. The van der Waals surface area contributed by atoms with Gasteiger partial charge in [0.15, 0.2) is 0 Å². The summed E-state index contributed by atoms with van der Waals surface area (Å²) in [6, 6.07) is 9.59. The fraction of sp³-hybridized carbons (Fsp3) is 0.176. The number of benzene rings is 1. The maximum Gasteiger partial charge on any atom is 0.365 e. The van der Waals surface area contributed by atoms with Crippen molar-refractivity contribution in [3.05, 3.63) is 65.0 Å². The number of pyridine rings is 1. The minimum Gasteiger partial charge on any atom is -0.324 e. The van der Waals surface area contributed by atoms with Crippen molar-refractivity contribution in [2.45, 2.75) is 19.8 Å². The first-order valence-electron chi connectivity index (χ1n) is 7.15. The average Bonchev–Trinajstić information content (AvgIpc) is 2.80. The fourth-order valence-corrected chi connectivity index (χ4v) is 2.25. The fourth-order valence-electron chi connectivity index (χ4n) is 2.25. The van der Waals surface area contributed by atoms with E-state index in [0.717, 1.165) is 5.69 Å². The molecule has 23 heavy (non-hydrogen) atoms. The van der Waals surface area contributed by atoms with Crippen LogP contribution in [0.15, 0.2) is 42.6 Å². The molecule has 0 saturated heterocycles. The molecule has 116 valence electrons. The van der Waals surface area contributed by atoms with Crippen molar-refractivity contribution >= 4 is 17.8 Å². The molecular weight excluding hydrogens is 296 g/mol. The van der Waals surface area contributed by atoms with Crippen molar-refractivity contribution in [1.82, 2.24) is 10.0 Å². The minimum atomic E-state index is -0.803. The third-order valence-corrected chi connectivity index (χ3v) is 3.54. The molecule has 6 heteroatoms. The van der Waals surface area contributed by atoms with Crippen molar-refractivity contribution < 1.29 is 19.2 Å². The molecule has 1 aromatic heterocycles. The summed E-state index contributed by atoms with van der Waals surface area (Å²) in [4.78, 5) is 45.5. The smallest absolute Gasteiger partial charge is 0.324 e. The highest BCUT2D eigenvalue weighted by atomic mass is 16.7. The Morgan fingerprint density at radius 2 is 1.65 bits per heavy atom. The minimum absolute atomic E-state index is 0.172. The molecule has 1 aromatic carbocycles. The average molecular weight is 310 g/mol. The van der Waals surface area contributed by atoms with Crippen molar-refractivity contribution in [2.24, 2.45) is 0 Å². The maximum absolute atomic E-state index is 12.1. The predicted molar refractivity (Wildman–Crippen MR) is 80.7 cm³/mol. The van der Waals surface area contributed by atoms with Crippen LogP contribution in [-0.2, 0) is 4.84 Å². The van der Waals surface area contributed by atoms with Gasteiger partial charge < -0.3 is 4.84 Å². The van der Waals surface area contributed by atoms with Crippen LogP contribution in [0.4, 0.5) is 0 Å². The third kappa shape index (κ3) is 2.59. The first-order valence-corrected chi connectivity index (χ1v) is 7.15. The molecule has 0 N–H and O–H groups in total. The van der Waals surface area contributed by atoms with Gasteiger partial charge in [-0.2, -0.15) is 0 Å². The number of nitrogens with zero attached hydrogens (tertiary/aromatic N) is 2. The largest absolute Gasteiger partial charge is 0.365 e. The lowest BCUT2D eigenvalue weighted by molar-refractivity contribution is -0.0584. The van der Waals surface area contributed by atoms with Gasteiger partial charge in [-0.05, 0) is 30.2 Å². The topological polar surface area (TPSA) is 76.6 Å². The van der Waals surface area contributed by atoms with Gasteiger partial charge in [-0.1, -0.05) is 31.0 Å². The molecule has 2 heterocycles. The number of hydrogen-bond donors (Lipinski definition) is 0. The zero-order valence-corrected chi connectivity index (χ0v) is 12.6. The number of rotatable bonds is 3. The van der Waals surface area contributed by atoms with Gasteiger partial charge in [0.25, 0.3) is 11.8 Å². The van der Waals surface area contributed by atoms with Crippen molar-refractivity contribution in [2.75, 3.05) is 0 Å². The highest BCUT2D eigenvalue weighted by Crippen LogP contribution is 2.23. The number of imide groups is 1. The van der Waals surface area contributed by atoms with Crippen LogP contribution in [0, 0.1) is 0 Å². The molecule has 0 spiro atoms. The summed E-state index contributed by atoms with van der Waals surface area (Å²) in [5.74, 6) is -1.87. The molecule has 0 saturated carbocycles. The number of fused-ring (bicyclic) bond motifs is 1. The normalized spacial score (nSPS) is 13.4. The molecule has 0 atom stereocenters. The van der Waals surface area contributed by atoms with Crippen LogP contribution in [0.5, 0.6) is 0 Å². The molecule has 0 bridgehead atoms. The van der Waals surface area contributed by atoms with E-state index in [9.17, 15) is 14.4 Å². The standard InChI is InChI=1S/C17H14N2O4/c1-10(2)14-8-7-11(9-18-14)17(22)23-19-15(20)12-5-3-4-6-13(12)16(19)21/h3-10H,1-2H3. The second-order valence-electron chi connectivity index (χ2n) is 5.46. The van der Waals surface area contributed by atoms with E-state index in [1.54, 1.807) is 24.3 Å². The molecule has 6 nitrogen and oxygen atoms in total. The number of carbonyl (C=O) groups excluding carboxylic acids is 3. The summed E-state index contributed by atoms with van der Waals surface area (Å²) in [5, 5.41) is 0.489. The van der Waals surface area contributed by atoms with E-state index < -0.39 is 17.8 Å². The van der Waals surface area contributed by atoms with Crippen LogP contribution in [0.2, 0.25) is 0 Å². The number of carbonyl (C=O) groups is 3. The Morgan fingerprint density at radius 3 is 2.13 bits per heavy atom. The Morgan fingerprint density at radius 1 is 1.04 bits per heavy atom. The van der Waals surface area contributed by atoms with E-state index in [1.165, 1.54) is 18.3 Å². The highest BCUT2D eigenvalue weighted by Gasteiger charge is 2.38. The monoisotopic (exact) mass is 310 g/mol. The summed E-state index contributed by atoms with van der Waals surface area (Å²) >= 11 is 0. The summed E-state index contributed by atoms with van der Waals surface area (Å²) in [6.07, 6.45) is 1.37. The van der Waals surface area contributed by atoms with Gasteiger partial charge in [-0.3, -0.25) is 14.6 Å². The van der Waals surface area contributed by atoms with Gasteiger partial charge in [0, 0.05) is 11.9 Å². The predicted octanol–water partition coefficient (Wildman–Crippen LogP) is 2.57. The van der Waals surface area contributed by atoms with Gasteiger partial charge in [0.2, 0.25) is 0 Å². The molecule has 2 amide bonds. The maximum atomic E-state index is 12.1. The van der Waals surface area contributed by atoms with Gasteiger partial charge in [-0.15, -0.1) is 0 Å². The van der Waals surface area contributed by atoms with E-state index in [2.05, 4.69) is 4.98 Å². The van der Waals surface area contributed by atoms with Crippen molar-refractivity contribution in [3.63, 3.8) is 0 Å². The number of amides is 2. The van der Waals surface area contributed by atoms with Crippen molar-refractivity contribution in [1.29, 1.82) is 0 Å². The molecule has 0 radical (unpaired) electrons. The van der Waals surface area contributed by atoms with Crippen LogP contribution in [0.25, 0.3) is 0 Å².